The Balaban J connectivity index is 1.25. The van der Waals surface area contributed by atoms with Crippen LogP contribution in [-0.4, -0.2) is 44.4 Å². The Morgan fingerprint density at radius 3 is 2.64 bits per heavy atom. The summed E-state index contributed by atoms with van der Waals surface area (Å²) in [6.07, 6.45) is 3.22. The topological polar surface area (TPSA) is 71.0 Å². The molecule has 3 heterocycles. The summed E-state index contributed by atoms with van der Waals surface area (Å²) in [6.45, 7) is 0.691. The second kappa shape index (κ2) is 7.00. The number of carbonyl (C=O) groups excluding carboxylic acids is 1. The third-order valence-electron chi connectivity index (χ3n) is 7.28. The fourth-order valence-corrected chi connectivity index (χ4v) is 5.68. The Kier molecular flexibility index (Phi) is 4.27. The maximum Gasteiger partial charge on any atom is 0.417 e. The van der Waals surface area contributed by atoms with Gasteiger partial charge in [0.05, 0.1) is 23.5 Å². The minimum absolute atomic E-state index is 0.00555. The molecule has 2 saturated carbocycles. The first-order chi connectivity index (χ1) is 15.9. The fourth-order valence-electron chi connectivity index (χ4n) is 5.68. The molecule has 2 aliphatic carbocycles. The van der Waals surface area contributed by atoms with Crippen molar-refractivity contribution in [2.45, 2.75) is 31.1 Å². The number of amides is 1. The van der Waals surface area contributed by atoms with E-state index in [1.54, 1.807) is 18.6 Å². The summed E-state index contributed by atoms with van der Waals surface area (Å²) in [5.74, 6) is 0.813. The molecule has 3 fully saturated rings. The van der Waals surface area contributed by atoms with Gasteiger partial charge in [-0.25, -0.2) is 4.98 Å². The van der Waals surface area contributed by atoms with Crippen molar-refractivity contribution in [1.82, 2.24) is 19.9 Å². The van der Waals surface area contributed by atoms with Crippen LogP contribution in [0.5, 0.6) is 0 Å². The number of carbonyl (C=O) groups is 1. The number of hydrogen-bond acceptors (Lipinski definition) is 5. The number of rotatable bonds is 4. The van der Waals surface area contributed by atoms with Crippen LogP contribution in [0.1, 0.15) is 28.8 Å². The molecule has 1 aliphatic heterocycles. The minimum atomic E-state index is -4.42. The first kappa shape index (κ1) is 20.1. The van der Waals surface area contributed by atoms with Gasteiger partial charge in [-0.2, -0.15) is 13.2 Å². The van der Waals surface area contributed by atoms with Gasteiger partial charge in [0.25, 0.3) is 5.91 Å². The van der Waals surface area contributed by atoms with Crippen molar-refractivity contribution in [3.63, 3.8) is 0 Å². The van der Waals surface area contributed by atoms with Crippen molar-refractivity contribution >= 4 is 11.7 Å². The Labute approximate surface area is 187 Å². The average Bonchev–Trinajstić information content (AvgIpc) is 3.47. The van der Waals surface area contributed by atoms with Gasteiger partial charge in [0.1, 0.15) is 5.82 Å². The van der Waals surface area contributed by atoms with Gasteiger partial charge in [0.15, 0.2) is 0 Å². The van der Waals surface area contributed by atoms with Crippen molar-refractivity contribution in [2.24, 2.45) is 11.3 Å². The standard InChI is InChI=1S/C24H20F3N5O/c25-24(26,27)14-5-6-20(30-11-14)31-18-10-23-9-15(23)13-32(21(18)23)22(33)17-4-2-1-3-16(17)19-12-28-7-8-29-19/h1-8,11-12,15,18,21H,9-10,13H2,(H,30,31). The van der Waals surface area contributed by atoms with Gasteiger partial charge in [-0.3, -0.25) is 14.8 Å². The first-order valence-electron chi connectivity index (χ1n) is 10.8. The lowest BCUT2D eigenvalue weighted by molar-refractivity contribution is -0.137. The summed E-state index contributed by atoms with van der Waals surface area (Å²) in [5.41, 5.74) is 1.29. The number of aromatic nitrogens is 3. The van der Waals surface area contributed by atoms with Gasteiger partial charge in [-0.15, -0.1) is 0 Å². The molecule has 1 spiro atoms. The van der Waals surface area contributed by atoms with Crippen LogP contribution in [0.25, 0.3) is 11.3 Å². The van der Waals surface area contributed by atoms with E-state index in [4.69, 9.17) is 0 Å². The highest BCUT2D eigenvalue weighted by molar-refractivity contribution is 6.01. The number of nitrogens with one attached hydrogen (secondary N) is 1. The summed E-state index contributed by atoms with van der Waals surface area (Å²) < 4.78 is 38.5. The van der Waals surface area contributed by atoms with Crippen LogP contribution in [0.4, 0.5) is 19.0 Å². The van der Waals surface area contributed by atoms with E-state index in [1.807, 2.05) is 29.2 Å². The van der Waals surface area contributed by atoms with Gasteiger partial charge in [0, 0.05) is 42.3 Å². The van der Waals surface area contributed by atoms with Gasteiger partial charge in [0.2, 0.25) is 0 Å². The van der Waals surface area contributed by atoms with Crippen LogP contribution in [0, 0.1) is 11.3 Å². The number of pyridine rings is 1. The highest BCUT2D eigenvalue weighted by Crippen LogP contribution is 2.71. The predicted octanol–water partition coefficient (Wildman–Crippen LogP) is 4.27. The van der Waals surface area contributed by atoms with Crippen LogP contribution >= 0.6 is 0 Å². The van der Waals surface area contributed by atoms with Crippen LogP contribution in [-0.2, 0) is 6.18 Å². The first-order valence-corrected chi connectivity index (χ1v) is 10.8. The third kappa shape index (κ3) is 3.17. The molecule has 0 bridgehead atoms. The molecule has 1 saturated heterocycles. The molecule has 1 N–H and O–H groups in total. The molecule has 3 aliphatic rings. The zero-order valence-corrected chi connectivity index (χ0v) is 17.5. The van der Waals surface area contributed by atoms with E-state index in [0.717, 1.165) is 30.7 Å². The molecule has 4 unspecified atom stereocenters. The Morgan fingerprint density at radius 1 is 1.06 bits per heavy atom. The van der Waals surface area contributed by atoms with E-state index in [2.05, 4.69) is 20.3 Å². The zero-order chi connectivity index (χ0) is 22.8. The van der Waals surface area contributed by atoms with Crippen LogP contribution in [0.15, 0.2) is 61.2 Å². The molecule has 6 nitrogen and oxygen atoms in total. The minimum Gasteiger partial charge on any atom is -0.365 e. The van der Waals surface area contributed by atoms with Gasteiger partial charge < -0.3 is 10.2 Å². The molecule has 33 heavy (non-hydrogen) atoms. The maximum absolute atomic E-state index is 13.7. The van der Waals surface area contributed by atoms with Gasteiger partial charge in [-0.05, 0) is 42.4 Å². The Bertz CT molecular complexity index is 1220. The molecule has 6 rings (SSSR count). The molecule has 9 heteroatoms. The number of halogens is 3. The highest BCUT2D eigenvalue weighted by atomic mass is 19.4. The zero-order valence-electron chi connectivity index (χ0n) is 17.5. The van der Waals surface area contributed by atoms with Crippen molar-refractivity contribution in [3.05, 3.63) is 72.3 Å². The fraction of sp³-hybridized carbons (Fsp3) is 0.333. The highest BCUT2D eigenvalue weighted by Gasteiger charge is 2.75. The lowest BCUT2D eigenvalue weighted by Crippen LogP contribution is -2.60. The van der Waals surface area contributed by atoms with Crippen molar-refractivity contribution in [1.29, 1.82) is 0 Å². The Morgan fingerprint density at radius 2 is 1.91 bits per heavy atom. The van der Waals surface area contributed by atoms with E-state index >= 15 is 0 Å². The van der Waals surface area contributed by atoms with E-state index in [1.165, 1.54) is 6.07 Å². The molecular weight excluding hydrogens is 431 g/mol. The number of benzene rings is 1. The molecule has 2 aromatic heterocycles. The summed E-state index contributed by atoms with van der Waals surface area (Å²) in [4.78, 5) is 28.0. The quantitative estimate of drug-likeness (QED) is 0.642. The summed E-state index contributed by atoms with van der Waals surface area (Å²) in [7, 11) is 0. The van der Waals surface area contributed by atoms with Crippen molar-refractivity contribution < 1.29 is 18.0 Å². The van der Waals surface area contributed by atoms with E-state index in [-0.39, 0.29) is 23.4 Å². The Hall–Kier alpha value is -3.49. The second-order valence-electron chi connectivity index (χ2n) is 9.06. The molecular formula is C24H20F3N5O. The summed E-state index contributed by atoms with van der Waals surface area (Å²) in [5, 5.41) is 3.27. The molecule has 1 aromatic carbocycles. The van der Waals surface area contributed by atoms with Gasteiger partial charge >= 0.3 is 6.18 Å². The molecule has 0 radical (unpaired) electrons. The molecule has 1 amide bonds. The number of hydrogen-bond donors (Lipinski definition) is 1. The van der Waals surface area contributed by atoms with Crippen molar-refractivity contribution in [3.8, 4) is 11.3 Å². The maximum atomic E-state index is 13.7. The largest absolute Gasteiger partial charge is 0.417 e. The average molecular weight is 451 g/mol. The summed E-state index contributed by atoms with van der Waals surface area (Å²) in [6, 6.07) is 9.70. The monoisotopic (exact) mass is 451 g/mol. The van der Waals surface area contributed by atoms with Crippen LogP contribution in [0.2, 0.25) is 0 Å². The SMILES string of the molecule is O=C(c1ccccc1-c1cnccn1)N1CC2CC23CC(Nc2ccc(C(F)(F)F)cn2)C13. The molecule has 168 valence electrons. The second-order valence-corrected chi connectivity index (χ2v) is 9.06. The van der Waals surface area contributed by atoms with E-state index in [9.17, 15) is 18.0 Å². The number of likely N-dealkylation sites (tertiary alicyclic amines) is 1. The molecule has 3 aromatic rings. The van der Waals surface area contributed by atoms with E-state index in [0.29, 0.717) is 29.5 Å². The van der Waals surface area contributed by atoms with Crippen LogP contribution in [0.3, 0.4) is 0 Å². The molecule has 4 atom stereocenters. The lowest BCUT2D eigenvalue weighted by atomic mass is 9.71. The predicted molar refractivity (Wildman–Crippen MR) is 114 cm³/mol. The van der Waals surface area contributed by atoms with Crippen molar-refractivity contribution in [2.75, 3.05) is 11.9 Å². The number of piperidine rings is 1. The van der Waals surface area contributed by atoms with Gasteiger partial charge in [-0.1, -0.05) is 18.2 Å². The van der Waals surface area contributed by atoms with E-state index < -0.39 is 11.7 Å². The lowest BCUT2D eigenvalue weighted by Gasteiger charge is -2.48. The third-order valence-corrected chi connectivity index (χ3v) is 7.28. The number of nitrogens with zero attached hydrogens (tertiary/aromatic N) is 4. The smallest absolute Gasteiger partial charge is 0.365 e. The summed E-state index contributed by atoms with van der Waals surface area (Å²) >= 11 is 0. The van der Waals surface area contributed by atoms with Crippen LogP contribution < -0.4 is 5.32 Å². The number of alkyl halides is 3. The number of anilines is 1. The normalized spacial score (nSPS) is 27.4.